The molecule has 0 saturated heterocycles. The van der Waals surface area contributed by atoms with Crippen molar-refractivity contribution in [3.05, 3.63) is 58.3 Å². The summed E-state index contributed by atoms with van der Waals surface area (Å²) in [5.41, 5.74) is 0.395. The quantitative estimate of drug-likeness (QED) is 0.558. The van der Waals surface area contributed by atoms with Crippen LogP contribution in [0.25, 0.3) is 0 Å². The number of thioether (sulfide) groups is 1. The molecular weight excluding hydrogens is 388 g/mol. The van der Waals surface area contributed by atoms with E-state index in [1.54, 1.807) is 18.2 Å². The van der Waals surface area contributed by atoms with Gasteiger partial charge in [0.15, 0.2) is 6.10 Å². The summed E-state index contributed by atoms with van der Waals surface area (Å²) in [6.45, 7) is 1.44. The second-order valence-electron chi connectivity index (χ2n) is 5.00. The minimum atomic E-state index is -1.02. The predicted molar refractivity (Wildman–Crippen MR) is 97.8 cm³/mol. The standard InChI is InChI=1S/C17H14Cl2FNO3S/c1-10(17(23)21-13-7-11(18)6-12(19)8-13)24-16(22)9-25-15-5-3-2-4-14(15)20/h2-8,10H,9H2,1H3,(H,21,23)/t10-/m0/s1. The molecule has 2 rings (SSSR count). The van der Waals surface area contributed by atoms with Crippen molar-refractivity contribution in [3.8, 4) is 0 Å². The Morgan fingerprint density at radius 1 is 1.20 bits per heavy atom. The van der Waals surface area contributed by atoms with Crippen LogP contribution in [0.15, 0.2) is 47.4 Å². The van der Waals surface area contributed by atoms with Gasteiger partial charge in [0.2, 0.25) is 0 Å². The number of amides is 1. The number of carbonyl (C=O) groups excluding carboxylic acids is 2. The molecule has 1 atom stereocenters. The van der Waals surface area contributed by atoms with Gasteiger partial charge < -0.3 is 10.1 Å². The minimum absolute atomic E-state index is 0.110. The molecule has 0 radical (unpaired) electrons. The monoisotopic (exact) mass is 401 g/mol. The molecule has 2 aromatic rings. The number of hydrogen-bond acceptors (Lipinski definition) is 4. The summed E-state index contributed by atoms with van der Waals surface area (Å²) in [6.07, 6.45) is -1.02. The molecule has 0 fully saturated rings. The van der Waals surface area contributed by atoms with Gasteiger partial charge in [0.05, 0.1) is 5.75 Å². The molecule has 1 amide bonds. The second-order valence-corrected chi connectivity index (χ2v) is 6.89. The van der Waals surface area contributed by atoms with Gasteiger partial charge in [0, 0.05) is 20.6 Å². The maximum Gasteiger partial charge on any atom is 0.317 e. The first kappa shape index (κ1) is 19.6. The van der Waals surface area contributed by atoms with E-state index < -0.39 is 23.8 Å². The maximum atomic E-state index is 13.5. The van der Waals surface area contributed by atoms with E-state index in [0.29, 0.717) is 20.6 Å². The van der Waals surface area contributed by atoms with Gasteiger partial charge in [-0.15, -0.1) is 11.8 Å². The number of nitrogens with one attached hydrogen (secondary N) is 1. The fraction of sp³-hybridized carbons (Fsp3) is 0.176. The Labute approximate surface area is 158 Å². The highest BCUT2D eigenvalue weighted by atomic mass is 35.5. The van der Waals surface area contributed by atoms with Crippen LogP contribution in [0.5, 0.6) is 0 Å². The van der Waals surface area contributed by atoms with Crippen molar-refractivity contribution in [1.82, 2.24) is 0 Å². The first-order valence-electron chi connectivity index (χ1n) is 7.19. The van der Waals surface area contributed by atoms with E-state index in [-0.39, 0.29) is 5.75 Å². The number of anilines is 1. The summed E-state index contributed by atoms with van der Waals surface area (Å²) in [7, 11) is 0. The third kappa shape index (κ3) is 6.23. The van der Waals surface area contributed by atoms with Crippen LogP contribution in [0.2, 0.25) is 10.0 Å². The van der Waals surface area contributed by atoms with Crippen LogP contribution in [-0.2, 0) is 14.3 Å². The zero-order chi connectivity index (χ0) is 18.4. The Bertz CT molecular complexity index is 768. The molecule has 2 aromatic carbocycles. The van der Waals surface area contributed by atoms with E-state index in [4.69, 9.17) is 27.9 Å². The average Bonchev–Trinajstić information content (AvgIpc) is 2.53. The number of benzene rings is 2. The summed E-state index contributed by atoms with van der Waals surface area (Å²) in [4.78, 5) is 24.2. The molecule has 0 aliphatic carbocycles. The van der Waals surface area contributed by atoms with Gasteiger partial charge in [-0.25, -0.2) is 4.39 Å². The van der Waals surface area contributed by atoms with E-state index in [9.17, 15) is 14.0 Å². The van der Waals surface area contributed by atoms with Crippen LogP contribution in [0.4, 0.5) is 10.1 Å². The van der Waals surface area contributed by atoms with Crippen LogP contribution in [0.1, 0.15) is 6.92 Å². The third-order valence-electron chi connectivity index (χ3n) is 2.99. The molecule has 8 heteroatoms. The Morgan fingerprint density at radius 2 is 1.84 bits per heavy atom. The minimum Gasteiger partial charge on any atom is -0.452 e. The lowest BCUT2D eigenvalue weighted by Crippen LogP contribution is -2.30. The maximum absolute atomic E-state index is 13.5. The molecule has 0 saturated carbocycles. The van der Waals surface area contributed by atoms with Crippen LogP contribution < -0.4 is 5.32 Å². The number of hydrogen-bond donors (Lipinski definition) is 1. The smallest absolute Gasteiger partial charge is 0.317 e. The van der Waals surface area contributed by atoms with Gasteiger partial charge in [-0.05, 0) is 37.3 Å². The van der Waals surface area contributed by atoms with Crippen molar-refractivity contribution < 1.29 is 18.7 Å². The van der Waals surface area contributed by atoms with E-state index in [2.05, 4.69) is 5.32 Å². The summed E-state index contributed by atoms with van der Waals surface area (Å²) in [5.74, 6) is -1.67. The van der Waals surface area contributed by atoms with Crippen molar-refractivity contribution in [2.45, 2.75) is 17.9 Å². The molecule has 0 aliphatic heterocycles. The number of esters is 1. The molecule has 0 aromatic heterocycles. The number of rotatable bonds is 6. The van der Waals surface area contributed by atoms with Crippen molar-refractivity contribution in [2.75, 3.05) is 11.1 Å². The third-order valence-corrected chi connectivity index (χ3v) is 4.45. The lowest BCUT2D eigenvalue weighted by Gasteiger charge is -2.14. The first-order chi connectivity index (χ1) is 11.8. The molecule has 0 unspecified atom stereocenters. The molecular formula is C17H14Cl2FNO3S. The first-order valence-corrected chi connectivity index (χ1v) is 8.93. The summed E-state index contributed by atoms with van der Waals surface area (Å²) in [5, 5.41) is 3.30. The fourth-order valence-electron chi connectivity index (χ4n) is 1.85. The van der Waals surface area contributed by atoms with Crippen LogP contribution in [0.3, 0.4) is 0 Å². The fourth-order valence-corrected chi connectivity index (χ4v) is 3.10. The van der Waals surface area contributed by atoms with Gasteiger partial charge >= 0.3 is 5.97 Å². The Kier molecular flexibility index (Phi) is 7.11. The zero-order valence-electron chi connectivity index (χ0n) is 13.1. The van der Waals surface area contributed by atoms with Gasteiger partial charge in [0.1, 0.15) is 5.82 Å². The van der Waals surface area contributed by atoms with Crippen LogP contribution >= 0.6 is 35.0 Å². The van der Waals surface area contributed by atoms with Gasteiger partial charge in [0.25, 0.3) is 5.91 Å². The topological polar surface area (TPSA) is 55.4 Å². The van der Waals surface area contributed by atoms with Crippen molar-refractivity contribution >= 4 is 52.5 Å². The molecule has 4 nitrogen and oxygen atoms in total. The van der Waals surface area contributed by atoms with Crippen molar-refractivity contribution in [2.24, 2.45) is 0 Å². The van der Waals surface area contributed by atoms with E-state index in [0.717, 1.165) is 11.8 Å². The van der Waals surface area contributed by atoms with Crippen LogP contribution in [0, 0.1) is 5.82 Å². The zero-order valence-corrected chi connectivity index (χ0v) is 15.4. The highest BCUT2D eigenvalue weighted by molar-refractivity contribution is 8.00. The molecule has 0 bridgehead atoms. The lowest BCUT2D eigenvalue weighted by atomic mass is 10.3. The van der Waals surface area contributed by atoms with E-state index in [1.807, 2.05) is 0 Å². The lowest BCUT2D eigenvalue weighted by molar-refractivity contribution is -0.150. The summed E-state index contributed by atoms with van der Waals surface area (Å²) < 4.78 is 18.5. The summed E-state index contributed by atoms with van der Waals surface area (Å²) in [6, 6.07) is 10.7. The van der Waals surface area contributed by atoms with Crippen LogP contribution in [-0.4, -0.2) is 23.7 Å². The Hall–Kier alpha value is -1.76. The van der Waals surface area contributed by atoms with E-state index in [1.165, 1.54) is 31.2 Å². The molecule has 132 valence electrons. The highest BCUT2D eigenvalue weighted by Crippen LogP contribution is 2.23. The van der Waals surface area contributed by atoms with Gasteiger partial charge in [-0.1, -0.05) is 35.3 Å². The number of halogens is 3. The van der Waals surface area contributed by atoms with Crippen molar-refractivity contribution in [3.63, 3.8) is 0 Å². The SMILES string of the molecule is C[C@H](OC(=O)CSc1ccccc1F)C(=O)Nc1cc(Cl)cc(Cl)c1. The van der Waals surface area contributed by atoms with Crippen molar-refractivity contribution in [1.29, 1.82) is 0 Å². The molecule has 0 heterocycles. The average molecular weight is 402 g/mol. The number of carbonyl (C=O) groups is 2. The Morgan fingerprint density at radius 3 is 2.48 bits per heavy atom. The molecule has 0 aliphatic rings. The Balaban J connectivity index is 1.85. The normalized spacial score (nSPS) is 11.7. The molecule has 25 heavy (non-hydrogen) atoms. The predicted octanol–water partition coefficient (Wildman–Crippen LogP) is 4.80. The largest absolute Gasteiger partial charge is 0.452 e. The highest BCUT2D eigenvalue weighted by Gasteiger charge is 2.18. The number of ether oxygens (including phenoxy) is 1. The van der Waals surface area contributed by atoms with E-state index >= 15 is 0 Å². The molecule has 0 spiro atoms. The summed E-state index contributed by atoms with van der Waals surface area (Å²) >= 11 is 12.7. The molecule has 1 N–H and O–H groups in total. The second kappa shape index (κ2) is 9.08. The van der Waals surface area contributed by atoms with Gasteiger partial charge in [-0.2, -0.15) is 0 Å². The van der Waals surface area contributed by atoms with Gasteiger partial charge in [-0.3, -0.25) is 9.59 Å².